The van der Waals surface area contributed by atoms with Crippen LogP contribution in [0.1, 0.15) is 48.9 Å². The standard InChI is InChI=1S/C23H28N2O2/c1-3-18-12-14-19(15-13-18)17-24(2)23(27)22(20-9-5-4-6-10-20)25-16-8-7-11-21(25)26/h4-6,9-10,12-15,22H,3,7-8,11,16-17H2,1-2H3. The first-order valence-electron chi connectivity index (χ1n) is 9.77. The topological polar surface area (TPSA) is 40.6 Å². The van der Waals surface area contributed by atoms with Crippen LogP contribution in [0, 0.1) is 0 Å². The fraction of sp³-hybridized carbons (Fsp3) is 0.391. The highest BCUT2D eigenvalue weighted by molar-refractivity contribution is 5.89. The van der Waals surface area contributed by atoms with Gasteiger partial charge in [0.15, 0.2) is 0 Å². The molecule has 0 N–H and O–H groups in total. The van der Waals surface area contributed by atoms with Crippen molar-refractivity contribution >= 4 is 11.8 Å². The lowest BCUT2D eigenvalue weighted by atomic mass is 9.99. The van der Waals surface area contributed by atoms with Crippen LogP contribution < -0.4 is 0 Å². The Morgan fingerprint density at radius 1 is 1.04 bits per heavy atom. The van der Waals surface area contributed by atoms with E-state index in [2.05, 4.69) is 31.2 Å². The van der Waals surface area contributed by atoms with Gasteiger partial charge in [0.1, 0.15) is 6.04 Å². The summed E-state index contributed by atoms with van der Waals surface area (Å²) in [4.78, 5) is 29.4. The number of hydrogen-bond acceptors (Lipinski definition) is 2. The Bertz CT molecular complexity index is 771. The SMILES string of the molecule is CCc1ccc(CN(C)C(=O)C(c2ccccc2)N2CCCCC2=O)cc1. The normalized spacial score (nSPS) is 15.5. The van der Waals surface area contributed by atoms with E-state index in [-0.39, 0.29) is 11.8 Å². The molecular formula is C23H28N2O2. The number of likely N-dealkylation sites (tertiary alicyclic amines) is 1. The minimum absolute atomic E-state index is 0.0315. The van der Waals surface area contributed by atoms with E-state index < -0.39 is 6.04 Å². The van der Waals surface area contributed by atoms with Crippen molar-refractivity contribution in [2.24, 2.45) is 0 Å². The number of benzene rings is 2. The molecule has 0 radical (unpaired) electrons. The van der Waals surface area contributed by atoms with Crippen molar-refractivity contribution in [3.8, 4) is 0 Å². The van der Waals surface area contributed by atoms with Crippen LogP contribution in [-0.4, -0.2) is 35.2 Å². The third-order valence-corrected chi connectivity index (χ3v) is 5.25. The predicted octanol–water partition coefficient (Wildman–Crippen LogP) is 3.96. The van der Waals surface area contributed by atoms with Gasteiger partial charge in [0.2, 0.25) is 11.8 Å². The van der Waals surface area contributed by atoms with Crippen LogP contribution in [0.3, 0.4) is 0 Å². The third kappa shape index (κ3) is 4.57. The average Bonchev–Trinajstić information content (AvgIpc) is 2.71. The molecule has 1 saturated heterocycles. The van der Waals surface area contributed by atoms with Gasteiger partial charge in [-0.25, -0.2) is 0 Å². The minimum atomic E-state index is -0.543. The van der Waals surface area contributed by atoms with Crippen LogP contribution in [0.15, 0.2) is 54.6 Å². The van der Waals surface area contributed by atoms with Gasteiger partial charge in [-0.3, -0.25) is 9.59 Å². The molecule has 2 amide bonds. The van der Waals surface area contributed by atoms with Gasteiger partial charge < -0.3 is 9.80 Å². The lowest BCUT2D eigenvalue weighted by Crippen LogP contribution is -2.46. The molecule has 0 spiro atoms. The van der Waals surface area contributed by atoms with Crippen LogP contribution in [0.4, 0.5) is 0 Å². The number of piperidine rings is 1. The van der Waals surface area contributed by atoms with E-state index in [9.17, 15) is 9.59 Å². The molecule has 1 aliphatic heterocycles. The molecule has 0 bridgehead atoms. The van der Waals surface area contributed by atoms with E-state index in [0.29, 0.717) is 19.5 Å². The molecule has 1 atom stereocenters. The first-order chi connectivity index (χ1) is 13.1. The highest BCUT2D eigenvalue weighted by Gasteiger charge is 2.34. The number of aryl methyl sites for hydroxylation is 1. The molecule has 2 aromatic rings. The van der Waals surface area contributed by atoms with E-state index >= 15 is 0 Å². The van der Waals surface area contributed by atoms with Gasteiger partial charge in [0.05, 0.1) is 0 Å². The van der Waals surface area contributed by atoms with E-state index in [1.807, 2.05) is 37.4 Å². The number of carbonyl (C=O) groups is 2. The number of rotatable bonds is 6. The smallest absolute Gasteiger partial charge is 0.250 e. The summed E-state index contributed by atoms with van der Waals surface area (Å²) in [6.45, 7) is 3.31. The van der Waals surface area contributed by atoms with E-state index in [0.717, 1.165) is 30.4 Å². The van der Waals surface area contributed by atoms with Crippen molar-refractivity contribution in [3.05, 3.63) is 71.3 Å². The average molecular weight is 364 g/mol. The lowest BCUT2D eigenvalue weighted by molar-refractivity contribution is -0.147. The van der Waals surface area contributed by atoms with Crippen LogP contribution in [0.5, 0.6) is 0 Å². The van der Waals surface area contributed by atoms with Gasteiger partial charge in [-0.2, -0.15) is 0 Å². The Balaban J connectivity index is 1.82. The van der Waals surface area contributed by atoms with E-state index in [4.69, 9.17) is 0 Å². The third-order valence-electron chi connectivity index (χ3n) is 5.25. The second kappa shape index (κ2) is 8.85. The lowest BCUT2D eigenvalue weighted by Gasteiger charge is -2.36. The van der Waals surface area contributed by atoms with Gasteiger partial charge in [0.25, 0.3) is 0 Å². The number of nitrogens with zero attached hydrogens (tertiary/aromatic N) is 2. The van der Waals surface area contributed by atoms with Crippen molar-refractivity contribution in [1.82, 2.24) is 9.80 Å². The summed E-state index contributed by atoms with van der Waals surface area (Å²) in [6, 6.07) is 17.5. The molecule has 1 aliphatic rings. The van der Waals surface area contributed by atoms with Crippen LogP contribution in [0.25, 0.3) is 0 Å². The largest absolute Gasteiger partial charge is 0.339 e. The van der Waals surface area contributed by atoms with Crippen molar-refractivity contribution < 1.29 is 9.59 Å². The zero-order valence-electron chi connectivity index (χ0n) is 16.2. The van der Waals surface area contributed by atoms with Crippen molar-refractivity contribution in [2.75, 3.05) is 13.6 Å². The molecule has 2 aromatic carbocycles. The maximum Gasteiger partial charge on any atom is 0.250 e. The fourth-order valence-corrected chi connectivity index (χ4v) is 3.63. The minimum Gasteiger partial charge on any atom is -0.339 e. The predicted molar refractivity (Wildman–Crippen MR) is 107 cm³/mol. The number of carbonyl (C=O) groups excluding carboxylic acids is 2. The van der Waals surface area contributed by atoms with Crippen molar-refractivity contribution in [2.45, 2.75) is 45.2 Å². The molecule has 0 aromatic heterocycles. The second-order valence-corrected chi connectivity index (χ2v) is 7.22. The van der Waals surface area contributed by atoms with Gasteiger partial charge in [-0.1, -0.05) is 61.5 Å². The Labute approximate surface area is 161 Å². The molecule has 4 heteroatoms. The molecule has 0 saturated carbocycles. The fourth-order valence-electron chi connectivity index (χ4n) is 3.63. The summed E-state index contributed by atoms with van der Waals surface area (Å²) < 4.78 is 0. The first kappa shape index (κ1) is 19.2. The summed E-state index contributed by atoms with van der Waals surface area (Å²) in [5.74, 6) is 0.0418. The van der Waals surface area contributed by atoms with Crippen molar-refractivity contribution in [1.29, 1.82) is 0 Å². The molecule has 1 heterocycles. The van der Waals surface area contributed by atoms with Crippen LogP contribution in [-0.2, 0) is 22.6 Å². The molecule has 27 heavy (non-hydrogen) atoms. The Hall–Kier alpha value is -2.62. The summed E-state index contributed by atoms with van der Waals surface area (Å²) in [5, 5.41) is 0. The van der Waals surface area contributed by atoms with Gasteiger partial charge >= 0.3 is 0 Å². The number of amides is 2. The Kier molecular flexibility index (Phi) is 6.28. The molecule has 1 unspecified atom stereocenters. The van der Waals surface area contributed by atoms with Gasteiger partial charge in [-0.05, 0) is 36.0 Å². The molecule has 0 aliphatic carbocycles. The van der Waals surface area contributed by atoms with E-state index in [1.54, 1.807) is 9.80 Å². The maximum absolute atomic E-state index is 13.3. The van der Waals surface area contributed by atoms with Crippen molar-refractivity contribution in [3.63, 3.8) is 0 Å². The quantitative estimate of drug-likeness (QED) is 0.778. The summed E-state index contributed by atoms with van der Waals surface area (Å²) in [5.41, 5.74) is 3.26. The molecular weight excluding hydrogens is 336 g/mol. The van der Waals surface area contributed by atoms with E-state index in [1.165, 1.54) is 5.56 Å². The molecule has 1 fully saturated rings. The monoisotopic (exact) mass is 364 g/mol. The summed E-state index contributed by atoms with van der Waals surface area (Å²) in [6.07, 6.45) is 3.39. The number of hydrogen-bond donors (Lipinski definition) is 0. The summed E-state index contributed by atoms with van der Waals surface area (Å²) in [7, 11) is 1.82. The van der Waals surface area contributed by atoms with Gasteiger partial charge in [0, 0.05) is 26.6 Å². The van der Waals surface area contributed by atoms with Crippen LogP contribution in [0.2, 0.25) is 0 Å². The highest BCUT2D eigenvalue weighted by Crippen LogP contribution is 2.27. The first-order valence-corrected chi connectivity index (χ1v) is 9.77. The van der Waals surface area contributed by atoms with Gasteiger partial charge in [-0.15, -0.1) is 0 Å². The Morgan fingerprint density at radius 2 is 1.70 bits per heavy atom. The number of likely N-dealkylation sites (N-methyl/N-ethyl adjacent to an activating group) is 1. The Morgan fingerprint density at radius 3 is 2.33 bits per heavy atom. The second-order valence-electron chi connectivity index (χ2n) is 7.22. The molecule has 3 rings (SSSR count). The highest BCUT2D eigenvalue weighted by atomic mass is 16.2. The molecule has 4 nitrogen and oxygen atoms in total. The zero-order valence-corrected chi connectivity index (χ0v) is 16.2. The van der Waals surface area contributed by atoms with Crippen LogP contribution >= 0.6 is 0 Å². The molecule has 142 valence electrons. The zero-order chi connectivity index (χ0) is 19.2. The summed E-state index contributed by atoms with van der Waals surface area (Å²) >= 11 is 0. The maximum atomic E-state index is 13.3.